The number of phenols is 4. The van der Waals surface area contributed by atoms with E-state index in [-0.39, 0.29) is 51.4 Å². The van der Waals surface area contributed by atoms with Crippen molar-refractivity contribution in [1.82, 2.24) is 0 Å². The molecule has 1 aliphatic carbocycles. The van der Waals surface area contributed by atoms with Crippen molar-refractivity contribution in [2.45, 2.75) is 92.1 Å². The van der Waals surface area contributed by atoms with E-state index >= 15 is 0 Å². The highest BCUT2D eigenvalue weighted by molar-refractivity contribution is 5.88. The zero-order chi connectivity index (χ0) is 56.1. The van der Waals surface area contributed by atoms with Crippen LogP contribution in [0.15, 0.2) is 100 Å². The number of hydrogen-bond donors (Lipinski definition) is 13. The molecule has 418 valence electrons. The zero-order valence-electron chi connectivity index (χ0n) is 40.8. The van der Waals surface area contributed by atoms with Gasteiger partial charge in [0.2, 0.25) is 19.2 Å². The lowest BCUT2D eigenvalue weighted by Crippen LogP contribution is -2.65. The minimum absolute atomic E-state index is 0.107. The van der Waals surface area contributed by atoms with Gasteiger partial charge >= 0.3 is 11.9 Å². The molecule has 14 N–H and O–H groups in total. The molecule has 5 aliphatic rings. The third-order valence-electron chi connectivity index (χ3n) is 12.7. The van der Waals surface area contributed by atoms with Crippen LogP contribution < -0.4 is 19.6 Å². The van der Waals surface area contributed by atoms with Crippen LogP contribution in [0.25, 0.3) is 34.8 Å². The van der Waals surface area contributed by atoms with Gasteiger partial charge in [-0.15, -0.1) is 0 Å². The Morgan fingerprint density at radius 1 is 0.590 bits per heavy atom. The summed E-state index contributed by atoms with van der Waals surface area (Å²) in [5.41, 5.74) is 0.0794. The molecule has 3 aromatic rings. The van der Waals surface area contributed by atoms with E-state index in [4.69, 9.17) is 47.0 Å². The number of esters is 2. The van der Waals surface area contributed by atoms with Crippen LogP contribution in [0.2, 0.25) is 0 Å². The van der Waals surface area contributed by atoms with Crippen LogP contribution in [0.4, 0.5) is 0 Å². The standard InChI is InChI=1S/C52H54O26/c1-69-33-15-23(3-11-29(33)57)5-13-39(60)70-20-36-41(62)44(65)47(68)51(76-36)78-49-45(66)42(63)37(21-71-38(59)12-4-22-2-10-28(56)30(58)14-22)77-52(49)74-34-18-27-31(72-48(34)24-6-8-25(54)9-7-24)16-26(55)17-32(27)73-50-46(67)43(64)40(61)35(19-53)75-50/h2-18,35-37,40-47,49-54,56-58,61-68H,19-21H2,1H3/p+1/t35-,36-,37-,40-,41-,42-,43+,44+,45+,46-,47-,49-,50-,51+,52-/m1/s1. The summed E-state index contributed by atoms with van der Waals surface area (Å²) in [6.07, 6.45) is -23.7. The molecule has 3 saturated heterocycles. The van der Waals surface area contributed by atoms with E-state index in [0.29, 0.717) is 11.1 Å². The molecular weight excluding hydrogens is 1040 g/mol. The zero-order valence-corrected chi connectivity index (χ0v) is 40.8. The van der Waals surface area contributed by atoms with Gasteiger partial charge in [0.1, 0.15) is 84.9 Å². The fourth-order valence-corrected chi connectivity index (χ4v) is 8.38. The van der Waals surface area contributed by atoms with Crippen molar-refractivity contribution >= 4 is 24.1 Å². The van der Waals surface area contributed by atoms with E-state index in [9.17, 15) is 80.8 Å². The predicted molar refractivity (Wildman–Crippen MR) is 262 cm³/mol. The maximum atomic E-state index is 13.1. The molecule has 3 aromatic carbocycles. The number of ether oxygens (including phenoxy) is 9. The average molecular weight is 1100 g/mol. The second kappa shape index (κ2) is 24.5. The lowest BCUT2D eigenvalue weighted by atomic mass is 9.97. The van der Waals surface area contributed by atoms with Gasteiger partial charge in [0.25, 0.3) is 0 Å². The smallest absolute Gasteiger partial charge is 0.508 e. The number of carbonyl (C=O) groups excluding carboxylic acids is 2. The quantitative estimate of drug-likeness (QED) is 0.0228. The summed E-state index contributed by atoms with van der Waals surface area (Å²) in [6, 6.07) is 16.5. The Hall–Kier alpha value is -7.41. The number of fused-ring (bicyclic) bond motifs is 1. The number of hydrogen-bond acceptors (Lipinski definition) is 25. The van der Waals surface area contributed by atoms with Gasteiger partial charge in [-0.05, 0) is 77.9 Å². The van der Waals surface area contributed by atoms with Crippen molar-refractivity contribution in [3.8, 4) is 62.9 Å². The number of benzene rings is 4. The molecule has 26 heteroatoms. The molecule has 26 nitrogen and oxygen atoms in total. The normalized spacial score (nSPS) is 29.3. The second-order valence-corrected chi connectivity index (χ2v) is 18.0. The summed E-state index contributed by atoms with van der Waals surface area (Å²) >= 11 is 0. The minimum atomic E-state index is -2.13. The maximum Gasteiger partial charge on any atom is 0.510 e. The first-order chi connectivity index (χ1) is 37.2. The predicted octanol–water partition coefficient (Wildman–Crippen LogP) is -1.07. The Balaban J connectivity index is 1.11. The number of phenolic OH excluding ortho intramolecular Hbond substituents is 4. The van der Waals surface area contributed by atoms with Crippen LogP contribution in [0.3, 0.4) is 0 Å². The van der Waals surface area contributed by atoms with Crippen molar-refractivity contribution in [1.29, 1.82) is 0 Å². The SMILES string of the molecule is COc1cc(C=CC(=O)OC[C@H]2O[C@@H](O[C@H]3[C@H](Oc4cc5c(O[C@@H]6O[C@H](CO)[C@@H](O)[C@H](O)[C@H]6O)cc(=O)cc-5oc4-c4ccc(O)cc4)O[C@H](COC(=[OH+])C=Cc4ccc(O)c(O)c4)[C@@H](O)[C@@H]3O)[C@H](O)[C@@H](O)[C@@H]2O)ccc1O. The topological polar surface area (TPSA) is 415 Å². The van der Waals surface area contributed by atoms with Gasteiger partial charge in [-0.25, -0.2) is 4.79 Å². The number of aliphatic hydroxyl groups excluding tert-OH is 9. The van der Waals surface area contributed by atoms with E-state index in [1.807, 2.05) is 0 Å². The van der Waals surface area contributed by atoms with Crippen molar-refractivity contribution in [2.24, 2.45) is 0 Å². The van der Waals surface area contributed by atoms with Gasteiger partial charge in [-0.1, -0.05) is 12.1 Å². The summed E-state index contributed by atoms with van der Waals surface area (Å²) < 4.78 is 57.9. The number of aliphatic hydroxyl groups is 9. The van der Waals surface area contributed by atoms with Gasteiger partial charge in [-0.2, -0.15) is 0 Å². The largest absolute Gasteiger partial charge is 0.510 e. The molecule has 0 spiro atoms. The number of methoxy groups -OCH3 is 1. The van der Waals surface area contributed by atoms with Crippen molar-refractivity contribution in [2.75, 3.05) is 26.9 Å². The molecule has 0 unspecified atom stereocenters. The molecule has 78 heavy (non-hydrogen) atoms. The third kappa shape index (κ3) is 12.8. The molecule has 0 amide bonds. The summed E-state index contributed by atoms with van der Waals surface area (Å²) in [4.78, 5) is 36.6. The van der Waals surface area contributed by atoms with Crippen molar-refractivity contribution < 1.29 is 123 Å². The molecule has 4 heterocycles. The average Bonchev–Trinajstić information content (AvgIpc) is 3.51. The summed E-state index contributed by atoms with van der Waals surface area (Å²) in [7, 11) is 1.33. The minimum Gasteiger partial charge on any atom is -0.508 e. The van der Waals surface area contributed by atoms with Crippen LogP contribution in [0.1, 0.15) is 11.1 Å². The lowest BCUT2D eigenvalue weighted by molar-refractivity contribution is -0.357. The van der Waals surface area contributed by atoms with Gasteiger partial charge in [0.15, 0.2) is 58.4 Å². The summed E-state index contributed by atoms with van der Waals surface area (Å²) in [6.45, 7) is -2.32. The van der Waals surface area contributed by atoms with Crippen LogP contribution in [-0.4, -0.2) is 202 Å². The number of rotatable bonds is 17. The highest BCUT2D eigenvalue weighted by Crippen LogP contribution is 2.44. The van der Waals surface area contributed by atoms with Gasteiger partial charge in [0, 0.05) is 23.8 Å². The molecule has 0 aromatic heterocycles. The Labute approximate surface area is 440 Å². The van der Waals surface area contributed by atoms with Gasteiger partial charge in [0.05, 0.1) is 25.4 Å². The van der Waals surface area contributed by atoms with E-state index in [2.05, 4.69) is 0 Å². The first kappa shape index (κ1) is 56.8. The molecule has 0 saturated carbocycles. The number of aromatic hydroxyl groups is 4. The Kier molecular flexibility index (Phi) is 17.8. The van der Waals surface area contributed by atoms with Crippen LogP contribution >= 0.6 is 0 Å². The fraction of sp³-hybridized carbons (Fsp3) is 0.365. The first-order valence-corrected chi connectivity index (χ1v) is 23.8. The van der Waals surface area contributed by atoms with E-state index < -0.39 is 141 Å². The highest BCUT2D eigenvalue weighted by atomic mass is 16.8. The monoisotopic (exact) mass is 1100 g/mol. The van der Waals surface area contributed by atoms with Crippen LogP contribution in [0.5, 0.6) is 40.2 Å². The molecule has 4 aliphatic heterocycles. The van der Waals surface area contributed by atoms with E-state index in [0.717, 1.165) is 24.3 Å². The molecule has 0 bridgehead atoms. The molecule has 8 rings (SSSR count). The fourth-order valence-electron chi connectivity index (χ4n) is 8.38. The van der Waals surface area contributed by atoms with Gasteiger partial charge < -0.3 is 118 Å². The first-order valence-electron chi connectivity index (χ1n) is 23.8. The van der Waals surface area contributed by atoms with Gasteiger partial charge in [-0.3, -0.25) is 4.79 Å². The molecule has 0 radical (unpaired) electrons. The van der Waals surface area contributed by atoms with Crippen LogP contribution in [-0.2, 0) is 33.2 Å². The Morgan fingerprint density at radius 2 is 1.18 bits per heavy atom. The molecule has 15 atom stereocenters. The van der Waals surface area contributed by atoms with Crippen molar-refractivity contribution in [3.05, 3.63) is 112 Å². The van der Waals surface area contributed by atoms with E-state index in [1.54, 1.807) is 0 Å². The Morgan fingerprint density at radius 3 is 1.86 bits per heavy atom. The second-order valence-electron chi connectivity index (χ2n) is 18.0. The molecular formula is C52H55O26+. The van der Waals surface area contributed by atoms with E-state index in [1.165, 1.54) is 86.0 Å². The lowest BCUT2D eigenvalue weighted by Gasteiger charge is -2.45. The summed E-state index contributed by atoms with van der Waals surface area (Å²) in [5.74, 6) is -3.96. The highest BCUT2D eigenvalue weighted by Gasteiger charge is 2.53. The van der Waals surface area contributed by atoms with Crippen LogP contribution in [0, 0.1) is 0 Å². The third-order valence-corrected chi connectivity index (χ3v) is 12.7. The summed E-state index contributed by atoms with van der Waals surface area (Å²) in [5, 5.41) is 138. The molecule has 3 fully saturated rings. The van der Waals surface area contributed by atoms with Crippen molar-refractivity contribution in [3.63, 3.8) is 0 Å². The maximum absolute atomic E-state index is 13.1. The Bertz CT molecular complexity index is 2980. The number of carbonyl (C=O) groups is 1.